The highest BCUT2D eigenvalue weighted by molar-refractivity contribution is 6.36. The molecule has 3 heterocycles. The third kappa shape index (κ3) is 4.83. The molecule has 33 heavy (non-hydrogen) atoms. The summed E-state index contributed by atoms with van der Waals surface area (Å²) in [6, 6.07) is 6.76. The Morgan fingerprint density at radius 3 is 2.61 bits per heavy atom. The van der Waals surface area contributed by atoms with Crippen molar-refractivity contribution in [1.82, 2.24) is 19.5 Å². The van der Waals surface area contributed by atoms with Gasteiger partial charge in [0.05, 0.1) is 22.9 Å². The van der Waals surface area contributed by atoms with Gasteiger partial charge < -0.3 is 15.0 Å². The molecule has 1 aromatic carbocycles. The molecule has 0 amide bonds. The van der Waals surface area contributed by atoms with Gasteiger partial charge in [0.15, 0.2) is 0 Å². The maximum absolute atomic E-state index is 13.3. The fourth-order valence-corrected chi connectivity index (χ4v) is 4.56. The van der Waals surface area contributed by atoms with Crippen molar-refractivity contribution < 1.29 is 4.74 Å². The molecule has 3 aromatic rings. The number of ether oxygens (including phenoxy) is 1. The number of hydrogen-bond acceptors (Lipinski definition) is 7. The minimum Gasteiger partial charge on any atom is -0.374 e. The van der Waals surface area contributed by atoms with Gasteiger partial charge in [0, 0.05) is 49.7 Å². The van der Waals surface area contributed by atoms with Crippen LogP contribution in [0, 0.1) is 0 Å². The van der Waals surface area contributed by atoms with Gasteiger partial charge in [0.1, 0.15) is 11.5 Å². The van der Waals surface area contributed by atoms with Crippen LogP contribution in [0.15, 0.2) is 41.5 Å². The molecule has 0 bridgehead atoms. The Labute approximate surface area is 202 Å². The van der Waals surface area contributed by atoms with Gasteiger partial charge in [0.25, 0.3) is 5.56 Å². The first-order valence-corrected chi connectivity index (χ1v) is 11.6. The lowest BCUT2D eigenvalue weighted by Gasteiger charge is -2.24. The Bertz CT molecular complexity index is 1190. The van der Waals surface area contributed by atoms with Crippen LogP contribution in [0.5, 0.6) is 0 Å². The molecule has 1 fully saturated rings. The Balaban J connectivity index is 1.68. The molecule has 0 spiro atoms. The van der Waals surface area contributed by atoms with E-state index in [0.29, 0.717) is 59.2 Å². The second-order valence-electron chi connectivity index (χ2n) is 7.80. The molecule has 4 rings (SSSR count). The topological polar surface area (TPSA) is 85.2 Å². The first-order valence-electron chi connectivity index (χ1n) is 10.9. The molecule has 0 radical (unpaired) electrons. The van der Waals surface area contributed by atoms with Crippen molar-refractivity contribution in [3.63, 3.8) is 0 Å². The Morgan fingerprint density at radius 2 is 1.94 bits per heavy atom. The van der Waals surface area contributed by atoms with E-state index in [1.165, 1.54) is 0 Å². The average Bonchev–Trinajstić information content (AvgIpc) is 3.21. The van der Waals surface area contributed by atoms with Gasteiger partial charge in [-0.05, 0) is 37.6 Å². The van der Waals surface area contributed by atoms with E-state index in [0.717, 1.165) is 5.69 Å². The Morgan fingerprint density at radius 1 is 1.18 bits per heavy atom. The van der Waals surface area contributed by atoms with Gasteiger partial charge in [-0.1, -0.05) is 30.1 Å². The zero-order valence-corrected chi connectivity index (χ0v) is 20.3. The van der Waals surface area contributed by atoms with E-state index >= 15 is 0 Å². The number of nitrogens with zero attached hydrogens (tertiary/aromatic N) is 5. The van der Waals surface area contributed by atoms with Crippen molar-refractivity contribution in [2.75, 3.05) is 29.9 Å². The number of hydrogen-bond donors (Lipinski definition) is 1. The lowest BCUT2D eigenvalue weighted by Crippen LogP contribution is -2.37. The molecule has 1 N–H and O–H groups in total. The van der Waals surface area contributed by atoms with Crippen molar-refractivity contribution >= 4 is 35.0 Å². The van der Waals surface area contributed by atoms with E-state index in [4.69, 9.17) is 32.9 Å². The summed E-state index contributed by atoms with van der Waals surface area (Å²) in [6.07, 6.45) is 3.99. The highest BCUT2D eigenvalue weighted by Gasteiger charge is 2.35. The maximum atomic E-state index is 13.3. The lowest BCUT2D eigenvalue weighted by molar-refractivity contribution is 0.0718. The number of rotatable bonds is 7. The second kappa shape index (κ2) is 10.1. The van der Waals surface area contributed by atoms with E-state index < -0.39 is 0 Å². The Kier molecular flexibility index (Phi) is 7.17. The predicted octanol–water partition coefficient (Wildman–Crippen LogP) is 3.81. The smallest absolute Gasteiger partial charge is 0.278 e. The molecule has 2 atom stereocenters. The van der Waals surface area contributed by atoms with Gasteiger partial charge in [-0.2, -0.15) is 0 Å². The second-order valence-corrected chi connectivity index (χ2v) is 8.64. The molecule has 1 saturated heterocycles. The van der Waals surface area contributed by atoms with Crippen LogP contribution in [0.3, 0.4) is 0 Å². The number of aromatic nitrogens is 4. The normalized spacial score (nSPS) is 18.0. The van der Waals surface area contributed by atoms with E-state index in [-0.39, 0.29) is 17.7 Å². The van der Waals surface area contributed by atoms with Gasteiger partial charge in [-0.15, -0.1) is 0 Å². The molecule has 8 nitrogen and oxygen atoms in total. The van der Waals surface area contributed by atoms with E-state index in [2.05, 4.69) is 20.2 Å². The third-order valence-electron chi connectivity index (χ3n) is 5.69. The van der Waals surface area contributed by atoms with Crippen LogP contribution in [0.1, 0.15) is 19.5 Å². The minimum absolute atomic E-state index is 0.0728. The van der Waals surface area contributed by atoms with Crippen LogP contribution in [0.25, 0.3) is 11.3 Å². The first-order chi connectivity index (χ1) is 15.9. The van der Waals surface area contributed by atoms with Crippen molar-refractivity contribution in [1.29, 1.82) is 0 Å². The monoisotopic (exact) mass is 488 g/mol. The van der Waals surface area contributed by atoms with Crippen molar-refractivity contribution in [3.8, 4) is 11.3 Å². The molecule has 10 heteroatoms. The summed E-state index contributed by atoms with van der Waals surface area (Å²) in [5.41, 5.74) is 1.38. The largest absolute Gasteiger partial charge is 0.374 e. The summed E-state index contributed by atoms with van der Waals surface area (Å²) in [7, 11) is 1.74. The maximum Gasteiger partial charge on any atom is 0.278 e. The summed E-state index contributed by atoms with van der Waals surface area (Å²) in [6.45, 7) is 5.84. The van der Waals surface area contributed by atoms with Crippen LogP contribution >= 0.6 is 23.2 Å². The summed E-state index contributed by atoms with van der Waals surface area (Å²) >= 11 is 12.4. The number of nitrogens with one attached hydrogen (secondary N) is 1. The Hall–Kier alpha value is -2.68. The van der Waals surface area contributed by atoms with Crippen LogP contribution < -0.4 is 15.8 Å². The zero-order valence-electron chi connectivity index (χ0n) is 18.8. The predicted molar refractivity (Wildman–Crippen MR) is 131 cm³/mol. The number of anilines is 2. The molecular weight excluding hydrogens is 463 g/mol. The quantitative estimate of drug-likeness (QED) is 0.540. The van der Waals surface area contributed by atoms with Gasteiger partial charge >= 0.3 is 0 Å². The summed E-state index contributed by atoms with van der Waals surface area (Å²) in [4.78, 5) is 28.8. The first kappa shape index (κ1) is 23.5. The van der Waals surface area contributed by atoms with Crippen LogP contribution in [0.4, 0.5) is 11.8 Å². The molecule has 1 aliphatic heterocycles. The van der Waals surface area contributed by atoms with Gasteiger partial charge in [-0.3, -0.25) is 9.36 Å². The minimum atomic E-state index is -0.242. The fourth-order valence-electron chi connectivity index (χ4n) is 4.06. The molecular formula is C23H26Cl2N6O2. The number of halogens is 2. The van der Waals surface area contributed by atoms with Crippen molar-refractivity contribution in [3.05, 3.63) is 62.8 Å². The van der Waals surface area contributed by atoms with E-state index in [1.807, 2.05) is 13.8 Å². The highest BCUT2D eigenvalue weighted by atomic mass is 35.5. The highest BCUT2D eigenvalue weighted by Crippen LogP contribution is 2.29. The van der Waals surface area contributed by atoms with Crippen LogP contribution in [-0.2, 0) is 18.2 Å². The molecule has 2 aromatic heterocycles. The van der Waals surface area contributed by atoms with Crippen LogP contribution in [0.2, 0.25) is 10.0 Å². The van der Waals surface area contributed by atoms with E-state index in [1.54, 1.807) is 48.3 Å². The SMILES string of the molecule is CCO[C@H]1CN(c2ncccn2)CC1Nc1c(CC)nc(-c2ccc(Cl)cc2Cl)c(=O)n1C. The lowest BCUT2D eigenvalue weighted by atomic mass is 10.1. The zero-order chi connectivity index (χ0) is 23.5. The molecule has 0 aliphatic carbocycles. The molecule has 174 valence electrons. The summed E-state index contributed by atoms with van der Waals surface area (Å²) in [5.74, 6) is 1.32. The molecule has 1 aliphatic rings. The summed E-state index contributed by atoms with van der Waals surface area (Å²) < 4.78 is 7.60. The van der Waals surface area contributed by atoms with Crippen molar-refractivity contribution in [2.45, 2.75) is 32.4 Å². The third-order valence-corrected chi connectivity index (χ3v) is 6.24. The van der Waals surface area contributed by atoms with E-state index in [9.17, 15) is 4.79 Å². The summed E-state index contributed by atoms with van der Waals surface area (Å²) in [5, 5.41) is 4.42. The fraction of sp³-hybridized carbons (Fsp3) is 0.391. The standard InChI is InChI=1S/C23H26Cl2N6O2/c1-4-17-21(30(3)22(32)20(28-17)15-8-7-14(24)11-16(15)25)29-18-12-31(13-19(18)33-5-2)23-26-9-6-10-27-23/h6-11,18-19,29H,4-5,12-13H2,1-3H3/t18?,19-/m0/s1. The average molecular weight is 489 g/mol. The number of benzene rings is 1. The van der Waals surface area contributed by atoms with Crippen molar-refractivity contribution in [2.24, 2.45) is 7.05 Å². The molecule has 0 saturated carbocycles. The van der Waals surface area contributed by atoms with Crippen LogP contribution in [-0.4, -0.2) is 51.4 Å². The molecule has 1 unspecified atom stereocenters. The van der Waals surface area contributed by atoms with Gasteiger partial charge in [0.2, 0.25) is 5.95 Å². The number of aryl methyl sites for hydroxylation is 1. The van der Waals surface area contributed by atoms with Gasteiger partial charge in [-0.25, -0.2) is 15.0 Å².